The van der Waals surface area contributed by atoms with Gasteiger partial charge < -0.3 is 10.2 Å². The Bertz CT molecular complexity index is 391. The third kappa shape index (κ3) is 3.94. The Hall–Kier alpha value is -0.640. The second-order valence-electron chi connectivity index (χ2n) is 5.16. The van der Waals surface area contributed by atoms with Crippen LogP contribution in [-0.4, -0.2) is 31.6 Å². The first kappa shape index (κ1) is 13.8. The van der Waals surface area contributed by atoms with Gasteiger partial charge in [0.2, 0.25) is 0 Å². The molecule has 0 aliphatic carbocycles. The lowest BCUT2D eigenvalue weighted by Crippen LogP contribution is -2.36. The van der Waals surface area contributed by atoms with Crippen LogP contribution in [0.25, 0.3) is 0 Å². The van der Waals surface area contributed by atoms with Crippen LogP contribution in [-0.2, 0) is 6.54 Å². The van der Waals surface area contributed by atoms with Gasteiger partial charge in [0.15, 0.2) is 0 Å². The Labute approximate surface area is 113 Å². The Balaban J connectivity index is 1.85. The maximum Gasteiger partial charge on any atom is 0.142 e. The Morgan fingerprint density at radius 2 is 2.33 bits per heavy atom. The smallest absolute Gasteiger partial charge is 0.142 e. The maximum absolute atomic E-state index is 13.3. The first-order valence-electron chi connectivity index (χ1n) is 6.48. The number of halogens is 2. The van der Waals surface area contributed by atoms with Crippen molar-refractivity contribution in [2.75, 3.05) is 26.7 Å². The topological polar surface area (TPSA) is 15.3 Å². The van der Waals surface area contributed by atoms with E-state index in [0.29, 0.717) is 5.92 Å². The first-order valence-corrected chi connectivity index (χ1v) is 6.86. The Morgan fingerprint density at radius 1 is 1.50 bits per heavy atom. The number of rotatable bonds is 4. The highest BCUT2D eigenvalue weighted by Gasteiger charge is 2.15. The van der Waals surface area contributed by atoms with Gasteiger partial charge in [-0.3, -0.25) is 0 Å². The van der Waals surface area contributed by atoms with Gasteiger partial charge in [-0.05, 0) is 56.6 Å². The summed E-state index contributed by atoms with van der Waals surface area (Å²) in [5, 5.41) is 3.61. The molecule has 2 rings (SSSR count). The molecule has 0 spiro atoms. The third-order valence-electron chi connectivity index (χ3n) is 3.41. The molecule has 1 aliphatic heterocycles. The van der Waals surface area contributed by atoms with Gasteiger partial charge in [0.1, 0.15) is 5.82 Å². The molecule has 1 aromatic rings. The molecule has 1 unspecified atom stereocenters. The van der Waals surface area contributed by atoms with Gasteiger partial charge >= 0.3 is 0 Å². The van der Waals surface area contributed by atoms with Gasteiger partial charge in [0.05, 0.1) is 5.02 Å². The van der Waals surface area contributed by atoms with Crippen LogP contribution in [0, 0.1) is 11.7 Å². The van der Waals surface area contributed by atoms with Crippen LogP contribution < -0.4 is 5.32 Å². The highest BCUT2D eigenvalue weighted by Crippen LogP contribution is 2.17. The fourth-order valence-corrected chi connectivity index (χ4v) is 2.65. The van der Waals surface area contributed by atoms with Crippen LogP contribution in [0.5, 0.6) is 0 Å². The van der Waals surface area contributed by atoms with Crippen LogP contribution in [0.15, 0.2) is 18.2 Å². The summed E-state index contributed by atoms with van der Waals surface area (Å²) in [4.78, 5) is 2.25. The van der Waals surface area contributed by atoms with Gasteiger partial charge in [0.25, 0.3) is 0 Å². The average Bonchev–Trinajstić information content (AvgIpc) is 2.35. The molecule has 0 saturated carbocycles. The molecule has 1 heterocycles. The van der Waals surface area contributed by atoms with E-state index in [0.717, 1.165) is 31.7 Å². The zero-order valence-corrected chi connectivity index (χ0v) is 11.5. The summed E-state index contributed by atoms with van der Waals surface area (Å²) in [6.45, 7) is 4.06. The molecule has 0 radical (unpaired) electrons. The fourth-order valence-electron chi connectivity index (χ4n) is 2.53. The summed E-state index contributed by atoms with van der Waals surface area (Å²) in [7, 11) is 2.08. The van der Waals surface area contributed by atoms with E-state index < -0.39 is 0 Å². The third-order valence-corrected chi connectivity index (χ3v) is 3.71. The Kier molecular flexibility index (Phi) is 4.98. The van der Waals surface area contributed by atoms with Gasteiger partial charge in [0, 0.05) is 13.1 Å². The Morgan fingerprint density at radius 3 is 3.00 bits per heavy atom. The van der Waals surface area contributed by atoms with Gasteiger partial charge in [-0.1, -0.05) is 17.7 Å². The summed E-state index contributed by atoms with van der Waals surface area (Å²) in [6, 6.07) is 5.04. The van der Waals surface area contributed by atoms with Crippen LogP contribution in [0.3, 0.4) is 0 Å². The summed E-state index contributed by atoms with van der Waals surface area (Å²) in [5.41, 5.74) is 0.975. The van der Waals surface area contributed by atoms with Gasteiger partial charge in [-0.15, -0.1) is 0 Å². The molecule has 4 heteroatoms. The zero-order chi connectivity index (χ0) is 13.0. The monoisotopic (exact) mass is 270 g/mol. The molecule has 0 aromatic heterocycles. The van der Waals surface area contributed by atoms with E-state index in [1.54, 1.807) is 6.07 Å². The lowest BCUT2D eigenvalue weighted by Gasteiger charge is -2.27. The highest BCUT2D eigenvalue weighted by molar-refractivity contribution is 6.30. The predicted molar refractivity (Wildman–Crippen MR) is 73.3 cm³/mol. The summed E-state index contributed by atoms with van der Waals surface area (Å²) in [6.07, 6.45) is 2.54. The van der Waals surface area contributed by atoms with E-state index in [-0.39, 0.29) is 10.8 Å². The van der Waals surface area contributed by atoms with Crippen molar-refractivity contribution >= 4 is 11.6 Å². The van der Waals surface area contributed by atoms with Crippen LogP contribution in [0.2, 0.25) is 5.02 Å². The standard InChI is InChI=1S/C14H20ClFN2/c1-18(10-12-3-2-6-17-8-12)9-11-4-5-13(15)14(16)7-11/h4-5,7,12,17H,2-3,6,8-10H2,1H3. The number of nitrogens with zero attached hydrogens (tertiary/aromatic N) is 1. The second-order valence-corrected chi connectivity index (χ2v) is 5.56. The van der Waals surface area contributed by atoms with Gasteiger partial charge in [-0.2, -0.15) is 0 Å². The van der Waals surface area contributed by atoms with E-state index in [4.69, 9.17) is 11.6 Å². The number of benzene rings is 1. The molecule has 1 N–H and O–H groups in total. The molecule has 1 fully saturated rings. The molecule has 1 saturated heterocycles. The predicted octanol–water partition coefficient (Wildman–Crippen LogP) is 2.91. The van der Waals surface area contributed by atoms with Crippen molar-refractivity contribution in [1.82, 2.24) is 10.2 Å². The quantitative estimate of drug-likeness (QED) is 0.905. The van der Waals surface area contributed by atoms with Crippen LogP contribution in [0.4, 0.5) is 4.39 Å². The highest BCUT2D eigenvalue weighted by atomic mass is 35.5. The minimum Gasteiger partial charge on any atom is -0.316 e. The first-order chi connectivity index (χ1) is 8.65. The normalized spacial score (nSPS) is 20.3. The van der Waals surface area contributed by atoms with Crippen molar-refractivity contribution in [2.45, 2.75) is 19.4 Å². The largest absolute Gasteiger partial charge is 0.316 e. The number of nitrogens with one attached hydrogen (secondary N) is 1. The number of piperidine rings is 1. The molecule has 0 bridgehead atoms. The zero-order valence-electron chi connectivity index (χ0n) is 10.8. The average molecular weight is 271 g/mol. The van der Waals surface area contributed by atoms with E-state index in [1.807, 2.05) is 6.07 Å². The number of hydrogen-bond donors (Lipinski definition) is 1. The van der Waals surface area contributed by atoms with Crippen molar-refractivity contribution < 1.29 is 4.39 Å². The van der Waals surface area contributed by atoms with Crippen LogP contribution in [0.1, 0.15) is 18.4 Å². The molecule has 18 heavy (non-hydrogen) atoms. The summed E-state index contributed by atoms with van der Waals surface area (Å²) in [5.74, 6) is 0.378. The molecule has 1 aliphatic rings. The molecular formula is C14H20ClFN2. The summed E-state index contributed by atoms with van der Waals surface area (Å²) >= 11 is 5.68. The fraction of sp³-hybridized carbons (Fsp3) is 0.571. The summed E-state index contributed by atoms with van der Waals surface area (Å²) < 4.78 is 13.3. The van der Waals surface area contributed by atoms with Crippen molar-refractivity contribution in [3.63, 3.8) is 0 Å². The van der Waals surface area contributed by atoms with Crippen molar-refractivity contribution in [2.24, 2.45) is 5.92 Å². The molecule has 2 nitrogen and oxygen atoms in total. The van der Waals surface area contributed by atoms with E-state index >= 15 is 0 Å². The van der Waals surface area contributed by atoms with E-state index in [9.17, 15) is 4.39 Å². The number of hydrogen-bond acceptors (Lipinski definition) is 2. The van der Waals surface area contributed by atoms with Gasteiger partial charge in [-0.25, -0.2) is 4.39 Å². The van der Waals surface area contributed by atoms with Crippen LogP contribution >= 0.6 is 11.6 Å². The van der Waals surface area contributed by atoms with Crippen molar-refractivity contribution in [3.8, 4) is 0 Å². The second kappa shape index (κ2) is 6.50. The molecule has 1 atom stereocenters. The molecule has 1 aromatic carbocycles. The molecule has 0 amide bonds. The lowest BCUT2D eigenvalue weighted by molar-refractivity contribution is 0.237. The SMILES string of the molecule is CN(Cc1ccc(Cl)c(F)c1)CC1CCCNC1. The van der Waals surface area contributed by atoms with E-state index in [2.05, 4.69) is 17.3 Å². The maximum atomic E-state index is 13.3. The molecule has 100 valence electrons. The van der Waals surface area contributed by atoms with E-state index in [1.165, 1.54) is 18.9 Å². The van der Waals surface area contributed by atoms with Crippen molar-refractivity contribution in [1.29, 1.82) is 0 Å². The molecular weight excluding hydrogens is 251 g/mol. The minimum atomic E-state index is -0.332. The lowest BCUT2D eigenvalue weighted by atomic mass is 9.99. The minimum absolute atomic E-state index is 0.192. The van der Waals surface area contributed by atoms with Crippen molar-refractivity contribution in [3.05, 3.63) is 34.6 Å².